The topological polar surface area (TPSA) is 17.1 Å². The molecule has 0 amide bonds. The van der Waals surface area contributed by atoms with Crippen LogP contribution in [0.5, 0.6) is 0 Å². The van der Waals surface area contributed by atoms with Crippen LogP contribution in [0.4, 0.5) is 8.78 Å². The van der Waals surface area contributed by atoms with Gasteiger partial charge in [0.1, 0.15) is 5.78 Å². The van der Waals surface area contributed by atoms with Gasteiger partial charge in [-0.2, -0.15) is 0 Å². The van der Waals surface area contributed by atoms with Crippen molar-refractivity contribution in [2.45, 2.75) is 71.1 Å². The van der Waals surface area contributed by atoms with Gasteiger partial charge in [-0.25, -0.2) is 8.78 Å². The standard InChI is InChI=1S/C21H31BrF2O/c1-12-3-5-14-13(9-12)4-6-15-16(14)10-21(23,24)20(2)17(15)7-8-18(20)19(25)11-22/h12-18H,3-11H2,1-2H3. The van der Waals surface area contributed by atoms with Gasteiger partial charge in [0, 0.05) is 17.8 Å². The molecule has 0 aromatic heterocycles. The Kier molecular flexibility index (Phi) is 4.61. The van der Waals surface area contributed by atoms with E-state index in [4.69, 9.17) is 0 Å². The fourth-order valence-corrected chi connectivity index (χ4v) is 8.04. The van der Waals surface area contributed by atoms with Crippen LogP contribution in [0.25, 0.3) is 0 Å². The Morgan fingerprint density at radius 1 is 1.04 bits per heavy atom. The summed E-state index contributed by atoms with van der Waals surface area (Å²) in [6.07, 6.45) is 7.47. The number of rotatable bonds is 2. The number of carbonyl (C=O) groups is 1. The summed E-state index contributed by atoms with van der Waals surface area (Å²) in [4.78, 5) is 12.4. The van der Waals surface area contributed by atoms with E-state index in [2.05, 4.69) is 22.9 Å². The van der Waals surface area contributed by atoms with Crippen molar-refractivity contribution < 1.29 is 13.6 Å². The summed E-state index contributed by atoms with van der Waals surface area (Å²) in [6.45, 7) is 4.07. The number of carbonyl (C=O) groups excluding carboxylic acids is 1. The molecule has 4 saturated carbocycles. The van der Waals surface area contributed by atoms with Crippen LogP contribution in [0.2, 0.25) is 0 Å². The molecule has 0 saturated heterocycles. The first kappa shape index (κ1) is 18.4. The van der Waals surface area contributed by atoms with Gasteiger partial charge in [-0.1, -0.05) is 36.2 Å². The third kappa shape index (κ3) is 2.59. The molecule has 4 fully saturated rings. The maximum Gasteiger partial charge on any atom is 0.254 e. The molecule has 4 rings (SSSR count). The minimum absolute atomic E-state index is 0.0108. The first-order valence-electron chi connectivity index (χ1n) is 10.3. The highest BCUT2D eigenvalue weighted by Gasteiger charge is 2.69. The second-order valence-electron chi connectivity index (χ2n) is 9.77. The minimum atomic E-state index is -2.71. The zero-order chi connectivity index (χ0) is 18.0. The highest BCUT2D eigenvalue weighted by atomic mass is 79.9. The summed E-state index contributed by atoms with van der Waals surface area (Å²) in [5.74, 6) is -0.579. The van der Waals surface area contributed by atoms with E-state index in [0.29, 0.717) is 24.2 Å². The van der Waals surface area contributed by atoms with E-state index in [1.165, 1.54) is 19.3 Å². The number of hydrogen-bond donors (Lipinski definition) is 0. The maximum atomic E-state index is 15.5. The van der Waals surface area contributed by atoms with Gasteiger partial charge in [-0.3, -0.25) is 4.79 Å². The number of alkyl halides is 3. The third-order valence-electron chi connectivity index (χ3n) is 8.85. The summed E-state index contributed by atoms with van der Waals surface area (Å²) < 4.78 is 31.1. The molecule has 4 aliphatic carbocycles. The summed E-state index contributed by atoms with van der Waals surface area (Å²) >= 11 is 3.23. The fourth-order valence-electron chi connectivity index (χ4n) is 7.65. The van der Waals surface area contributed by atoms with Gasteiger partial charge in [0.05, 0.1) is 5.33 Å². The van der Waals surface area contributed by atoms with E-state index >= 15 is 8.78 Å². The highest BCUT2D eigenvalue weighted by molar-refractivity contribution is 9.09. The van der Waals surface area contributed by atoms with Crippen molar-refractivity contribution in [2.24, 2.45) is 46.8 Å². The van der Waals surface area contributed by atoms with E-state index in [-0.39, 0.29) is 29.4 Å². The van der Waals surface area contributed by atoms with Crippen molar-refractivity contribution in [1.29, 1.82) is 0 Å². The first-order valence-corrected chi connectivity index (χ1v) is 11.4. The normalized spacial score (nSPS) is 51.3. The molecule has 0 bridgehead atoms. The second-order valence-corrected chi connectivity index (χ2v) is 10.3. The minimum Gasteiger partial charge on any atom is -0.298 e. The molecule has 4 heteroatoms. The van der Waals surface area contributed by atoms with Crippen molar-refractivity contribution in [1.82, 2.24) is 0 Å². The number of hydrogen-bond acceptors (Lipinski definition) is 1. The lowest BCUT2D eigenvalue weighted by atomic mass is 9.48. The monoisotopic (exact) mass is 416 g/mol. The molecule has 0 radical (unpaired) electrons. The van der Waals surface area contributed by atoms with Crippen LogP contribution in [-0.4, -0.2) is 17.0 Å². The van der Waals surface area contributed by atoms with Crippen LogP contribution < -0.4 is 0 Å². The highest BCUT2D eigenvalue weighted by Crippen LogP contribution is 2.69. The maximum absolute atomic E-state index is 15.5. The van der Waals surface area contributed by atoms with E-state index in [1.54, 1.807) is 6.92 Å². The lowest BCUT2D eigenvalue weighted by molar-refractivity contribution is -0.225. The summed E-state index contributed by atoms with van der Waals surface area (Å²) in [5.41, 5.74) is -1.12. The molecular weight excluding hydrogens is 386 g/mol. The molecule has 1 nitrogen and oxygen atoms in total. The molecule has 4 aliphatic rings. The van der Waals surface area contributed by atoms with Gasteiger partial charge in [-0.15, -0.1) is 0 Å². The van der Waals surface area contributed by atoms with Gasteiger partial charge in [-0.05, 0) is 74.0 Å². The molecule has 0 aromatic carbocycles. The van der Waals surface area contributed by atoms with Crippen molar-refractivity contribution in [2.75, 3.05) is 5.33 Å². The molecule has 0 aliphatic heterocycles. The number of fused-ring (bicyclic) bond motifs is 5. The molecular formula is C21H31BrF2O. The Bertz CT molecular complexity index is 550. The quantitative estimate of drug-likeness (QED) is 0.496. The zero-order valence-electron chi connectivity index (χ0n) is 15.4. The lowest BCUT2D eigenvalue weighted by Gasteiger charge is -2.58. The van der Waals surface area contributed by atoms with E-state index in [1.807, 2.05) is 0 Å². The Morgan fingerprint density at radius 2 is 1.76 bits per heavy atom. The Morgan fingerprint density at radius 3 is 2.48 bits per heavy atom. The van der Waals surface area contributed by atoms with Crippen molar-refractivity contribution in [3.63, 3.8) is 0 Å². The van der Waals surface area contributed by atoms with Crippen molar-refractivity contribution in [3.05, 3.63) is 0 Å². The van der Waals surface area contributed by atoms with Crippen LogP contribution in [0, 0.1) is 46.8 Å². The summed E-state index contributed by atoms with van der Waals surface area (Å²) in [5, 5.41) is 0.215. The molecule has 0 aromatic rings. The zero-order valence-corrected chi connectivity index (χ0v) is 17.0. The molecule has 25 heavy (non-hydrogen) atoms. The van der Waals surface area contributed by atoms with Crippen LogP contribution in [-0.2, 0) is 4.79 Å². The molecule has 0 N–H and O–H groups in total. The predicted octanol–water partition coefficient (Wildman–Crippen LogP) is 6.10. The van der Waals surface area contributed by atoms with Gasteiger partial charge in [0.25, 0.3) is 5.92 Å². The summed E-state index contributed by atoms with van der Waals surface area (Å²) in [7, 11) is 0. The number of ketones is 1. The fraction of sp³-hybridized carbons (Fsp3) is 0.952. The predicted molar refractivity (Wildman–Crippen MR) is 98.9 cm³/mol. The van der Waals surface area contributed by atoms with Gasteiger partial charge in [0.2, 0.25) is 0 Å². The van der Waals surface area contributed by atoms with E-state index in [0.717, 1.165) is 25.2 Å². The van der Waals surface area contributed by atoms with E-state index in [9.17, 15) is 4.79 Å². The van der Waals surface area contributed by atoms with Crippen LogP contribution in [0.15, 0.2) is 0 Å². The second kappa shape index (κ2) is 6.27. The molecule has 142 valence electrons. The average Bonchev–Trinajstić information content (AvgIpc) is 2.93. The van der Waals surface area contributed by atoms with Gasteiger partial charge < -0.3 is 0 Å². The molecule has 8 unspecified atom stereocenters. The number of halogens is 3. The lowest BCUT2D eigenvalue weighted by Crippen LogP contribution is -2.59. The van der Waals surface area contributed by atoms with Gasteiger partial charge in [0.15, 0.2) is 0 Å². The van der Waals surface area contributed by atoms with E-state index < -0.39 is 17.3 Å². The van der Waals surface area contributed by atoms with Gasteiger partial charge >= 0.3 is 0 Å². The smallest absolute Gasteiger partial charge is 0.254 e. The van der Waals surface area contributed by atoms with Crippen LogP contribution >= 0.6 is 15.9 Å². The molecule has 0 spiro atoms. The van der Waals surface area contributed by atoms with Crippen molar-refractivity contribution >= 4 is 21.7 Å². The first-order chi connectivity index (χ1) is 11.8. The summed E-state index contributed by atoms with van der Waals surface area (Å²) in [6, 6.07) is 0. The Hall–Kier alpha value is 0.01000. The number of Topliss-reactive ketones (excluding diaryl/α,β-unsaturated/α-hetero) is 1. The van der Waals surface area contributed by atoms with Crippen LogP contribution in [0.1, 0.15) is 65.2 Å². The third-order valence-corrected chi connectivity index (χ3v) is 9.40. The Balaban J connectivity index is 1.66. The SMILES string of the molecule is CC1CCC2C(CCC3C2CC(F)(F)C2(C)C(C(=O)CBr)CCC32)C1. The average molecular weight is 417 g/mol. The van der Waals surface area contributed by atoms with Crippen molar-refractivity contribution in [3.8, 4) is 0 Å². The molecule has 8 atom stereocenters. The molecule has 0 heterocycles. The van der Waals surface area contributed by atoms with Crippen LogP contribution in [0.3, 0.4) is 0 Å². The Labute approximate surface area is 158 Å². The largest absolute Gasteiger partial charge is 0.298 e.